The van der Waals surface area contributed by atoms with Crippen LogP contribution in [0.25, 0.3) is 0 Å². The molecule has 3 rings (SSSR count). The molecule has 32 heavy (non-hydrogen) atoms. The molecule has 0 saturated heterocycles. The second-order valence-corrected chi connectivity index (χ2v) is 9.53. The van der Waals surface area contributed by atoms with Crippen LogP contribution in [-0.4, -0.2) is 63.0 Å². The van der Waals surface area contributed by atoms with Gasteiger partial charge in [0.1, 0.15) is 5.75 Å². The number of hydrazone groups is 1. The van der Waals surface area contributed by atoms with Gasteiger partial charge in [-0.1, -0.05) is 30.3 Å². The lowest BCUT2D eigenvalue weighted by Crippen LogP contribution is -2.25. The molecule has 1 N–H and O–H groups in total. The number of benzene rings is 2. The molecule has 2 aromatic rings. The minimum atomic E-state index is -3.67. The van der Waals surface area contributed by atoms with Gasteiger partial charge < -0.3 is 10.1 Å². The van der Waals surface area contributed by atoms with Crippen LogP contribution in [0.4, 0.5) is 5.69 Å². The molecule has 0 saturated carbocycles. The lowest BCUT2D eigenvalue weighted by molar-refractivity contribution is -0.132. The van der Waals surface area contributed by atoms with Crippen LogP contribution in [0, 0.1) is 0 Å². The van der Waals surface area contributed by atoms with Crippen LogP contribution < -0.4 is 10.1 Å². The van der Waals surface area contributed by atoms with E-state index in [0.29, 0.717) is 18.7 Å². The molecule has 0 aliphatic carbocycles. The van der Waals surface area contributed by atoms with Gasteiger partial charge in [0.2, 0.25) is 21.8 Å². The molecule has 2 amide bonds. The Kier molecular flexibility index (Phi) is 7.26. The summed E-state index contributed by atoms with van der Waals surface area (Å²) in [6.45, 7) is 0.475. The number of anilines is 1. The first kappa shape index (κ1) is 23.4. The number of nitrogens with one attached hydrogen (secondary N) is 1. The molecule has 1 aliphatic heterocycles. The number of nitrogens with zero attached hydrogens (tertiary/aromatic N) is 3. The molecule has 9 nitrogen and oxygen atoms in total. The van der Waals surface area contributed by atoms with Gasteiger partial charge in [-0.25, -0.2) is 17.7 Å². The Morgan fingerprint density at radius 1 is 1.12 bits per heavy atom. The van der Waals surface area contributed by atoms with Crippen molar-refractivity contribution in [3.8, 4) is 5.75 Å². The van der Waals surface area contributed by atoms with Gasteiger partial charge >= 0.3 is 0 Å². The largest absolute Gasteiger partial charge is 0.495 e. The van der Waals surface area contributed by atoms with Crippen LogP contribution in [0.5, 0.6) is 5.75 Å². The zero-order valence-electron chi connectivity index (χ0n) is 18.2. The van der Waals surface area contributed by atoms with E-state index in [1.54, 1.807) is 0 Å². The van der Waals surface area contributed by atoms with E-state index >= 15 is 0 Å². The molecular weight excluding hydrogens is 432 g/mol. The second kappa shape index (κ2) is 9.92. The van der Waals surface area contributed by atoms with Gasteiger partial charge in [-0.3, -0.25) is 9.59 Å². The first-order chi connectivity index (χ1) is 15.2. The molecule has 170 valence electrons. The Bertz CT molecular complexity index is 1130. The van der Waals surface area contributed by atoms with Crippen LogP contribution in [-0.2, 0) is 19.6 Å². The molecule has 0 radical (unpaired) electrons. The summed E-state index contributed by atoms with van der Waals surface area (Å²) in [5.74, 6) is -0.358. The van der Waals surface area contributed by atoms with Crippen molar-refractivity contribution in [3.63, 3.8) is 0 Å². The quantitative estimate of drug-likeness (QED) is 0.653. The van der Waals surface area contributed by atoms with Crippen molar-refractivity contribution in [2.45, 2.75) is 24.2 Å². The fourth-order valence-electron chi connectivity index (χ4n) is 3.19. The van der Waals surface area contributed by atoms with Crippen molar-refractivity contribution in [1.29, 1.82) is 0 Å². The van der Waals surface area contributed by atoms with Crippen molar-refractivity contribution in [3.05, 3.63) is 54.1 Å². The van der Waals surface area contributed by atoms with Gasteiger partial charge in [-0.2, -0.15) is 5.10 Å². The summed E-state index contributed by atoms with van der Waals surface area (Å²) in [7, 11) is 0.595. The fraction of sp³-hybridized carbons (Fsp3) is 0.318. The average molecular weight is 459 g/mol. The summed E-state index contributed by atoms with van der Waals surface area (Å²) < 4.78 is 31.0. The summed E-state index contributed by atoms with van der Waals surface area (Å²) in [5.41, 5.74) is 2.03. The Morgan fingerprint density at radius 2 is 1.84 bits per heavy atom. The van der Waals surface area contributed by atoms with Crippen LogP contribution in [0.15, 0.2) is 58.5 Å². The number of carbonyl (C=O) groups is 2. The van der Waals surface area contributed by atoms with E-state index in [2.05, 4.69) is 10.4 Å². The number of methoxy groups -OCH3 is 1. The lowest BCUT2D eigenvalue weighted by Gasteiger charge is -2.15. The zero-order chi connectivity index (χ0) is 23.3. The van der Waals surface area contributed by atoms with E-state index < -0.39 is 15.9 Å². The highest BCUT2D eigenvalue weighted by Gasteiger charge is 2.23. The normalized spacial score (nSPS) is 13.8. The van der Waals surface area contributed by atoms with E-state index in [4.69, 9.17) is 4.74 Å². The van der Waals surface area contributed by atoms with Gasteiger partial charge in [0.25, 0.3) is 0 Å². The Morgan fingerprint density at radius 3 is 2.50 bits per heavy atom. The van der Waals surface area contributed by atoms with E-state index in [-0.39, 0.29) is 29.3 Å². The molecule has 0 bridgehead atoms. The van der Waals surface area contributed by atoms with Gasteiger partial charge in [0.15, 0.2) is 0 Å². The molecule has 2 aromatic carbocycles. The van der Waals surface area contributed by atoms with Gasteiger partial charge in [0, 0.05) is 33.4 Å². The summed E-state index contributed by atoms with van der Waals surface area (Å²) in [5, 5.41) is 8.41. The Labute approximate surface area is 187 Å². The fourth-order valence-corrected chi connectivity index (χ4v) is 4.12. The smallest absolute Gasteiger partial charge is 0.243 e. The summed E-state index contributed by atoms with van der Waals surface area (Å²) in [6.07, 6.45) is 0.570. The predicted octanol–water partition coefficient (Wildman–Crippen LogP) is 2.30. The maximum atomic E-state index is 12.5. The summed E-state index contributed by atoms with van der Waals surface area (Å²) in [4.78, 5) is 25.0. The molecule has 1 heterocycles. The highest BCUT2D eigenvalue weighted by atomic mass is 32.2. The molecule has 1 aliphatic rings. The third-order valence-corrected chi connectivity index (χ3v) is 6.80. The molecular formula is C22H26N4O5S. The highest BCUT2D eigenvalue weighted by molar-refractivity contribution is 7.89. The average Bonchev–Trinajstić information content (AvgIpc) is 3.28. The standard InChI is InChI=1S/C22H26N4O5S/c1-25(2)32(29,30)17-9-10-20(31-3)19(15-17)23-21(27)11-12-22(28)26-14-13-18(24-26)16-7-5-4-6-8-16/h4-10,15H,11-14H2,1-3H3,(H,23,27). The SMILES string of the molecule is COc1ccc(S(=O)(=O)N(C)C)cc1NC(=O)CCC(=O)N1CCC(c2ccccc2)=N1. The first-order valence-electron chi connectivity index (χ1n) is 10.1. The van der Waals surface area contributed by atoms with E-state index in [0.717, 1.165) is 15.6 Å². The number of hydrogen-bond acceptors (Lipinski definition) is 6. The van der Waals surface area contributed by atoms with Crippen LogP contribution in [0.3, 0.4) is 0 Å². The maximum absolute atomic E-state index is 12.5. The van der Waals surface area contributed by atoms with Crippen LogP contribution in [0.1, 0.15) is 24.8 Å². The van der Waals surface area contributed by atoms with Crippen molar-refractivity contribution in [2.75, 3.05) is 33.1 Å². The van der Waals surface area contributed by atoms with Crippen molar-refractivity contribution < 1.29 is 22.7 Å². The van der Waals surface area contributed by atoms with Crippen molar-refractivity contribution >= 4 is 33.2 Å². The summed E-state index contributed by atoms with van der Waals surface area (Å²) >= 11 is 0. The molecule has 0 unspecified atom stereocenters. The Hall–Kier alpha value is -3.24. The van der Waals surface area contributed by atoms with Gasteiger partial charge in [-0.15, -0.1) is 0 Å². The van der Waals surface area contributed by atoms with Crippen molar-refractivity contribution in [2.24, 2.45) is 5.10 Å². The van der Waals surface area contributed by atoms with Gasteiger partial charge in [0.05, 0.1) is 29.9 Å². The number of ether oxygens (including phenoxy) is 1. The van der Waals surface area contributed by atoms with E-state index in [1.807, 2.05) is 30.3 Å². The van der Waals surface area contributed by atoms with E-state index in [9.17, 15) is 18.0 Å². The van der Waals surface area contributed by atoms with Crippen LogP contribution in [0.2, 0.25) is 0 Å². The minimum absolute atomic E-state index is 0.0184. The number of amides is 2. The maximum Gasteiger partial charge on any atom is 0.243 e. The number of hydrogen-bond donors (Lipinski definition) is 1. The second-order valence-electron chi connectivity index (χ2n) is 7.38. The minimum Gasteiger partial charge on any atom is -0.495 e. The molecule has 0 atom stereocenters. The summed E-state index contributed by atoms with van der Waals surface area (Å²) in [6, 6.07) is 13.9. The third kappa shape index (κ3) is 5.32. The molecule has 0 fully saturated rings. The monoisotopic (exact) mass is 458 g/mol. The first-order valence-corrected chi connectivity index (χ1v) is 11.5. The highest BCUT2D eigenvalue weighted by Crippen LogP contribution is 2.28. The van der Waals surface area contributed by atoms with Crippen molar-refractivity contribution in [1.82, 2.24) is 9.31 Å². The van der Waals surface area contributed by atoms with Crippen LogP contribution >= 0.6 is 0 Å². The Balaban J connectivity index is 1.62. The molecule has 10 heteroatoms. The number of rotatable bonds is 8. The number of sulfonamides is 1. The lowest BCUT2D eigenvalue weighted by atomic mass is 10.1. The molecule has 0 aromatic heterocycles. The number of carbonyl (C=O) groups excluding carboxylic acids is 2. The zero-order valence-corrected chi connectivity index (χ0v) is 19.1. The molecule has 0 spiro atoms. The van der Waals surface area contributed by atoms with Gasteiger partial charge in [-0.05, 0) is 23.8 Å². The predicted molar refractivity (Wildman–Crippen MR) is 121 cm³/mol. The topological polar surface area (TPSA) is 108 Å². The van der Waals surface area contributed by atoms with E-state index in [1.165, 1.54) is 44.4 Å². The third-order valence-electron chi connectivity index (χ3n) is 4.99.